The topological polar surface area (TPSA) is 49.8 Å². The fourth-order valence-corrected chi connectivity index (χ4v) is 3.43. The van der Waals surface area contributed by atoms with Gasteiger partial charge in [0, 0.05) is 19.7 Å². The van der Waals surface area contributed by atoms with E-state index in [1.54, 1.807) is 0 Å². The van der Waals surface area contributed by atoms with Crippen molar-refractivity contribution in [2.75, 3.05) is 19.7 Å². The van der Waals surface area contributed by atoms with Gasteiger partial charge >= 0.3 is 6.09 Å². The van der Waals surface area contributed by atoms with Crippen molar-refractivity contribution in [3.63, 3.8) is 0 Å². The van der Waals surface area contributed by atoms with Crippen molar-refractivity contribution in [2.45, 2.75) is 45.6 Å². The van der Waals surface area contributed by atoms with Crippen molar-refractivity contribution in [1.29, 1.82) is 0 Å². The third-order valence-corrected chi connectivity index (χ3v) is 4.14. The molecule has 0 aromatic carbocycles. The van der Waals surface area contributed by atoms with Gasteiger partial charge in [-0.2, -0.15) is 0 Å². The molecule has 1 N–H and O–H groups in total. The lowest BCUT2D eigenvalue weighted by Gasteiger charge is -2.38. The summed E-state index contributed by atoms with van der Waals surface area (Å²) in [6.07, 6.45) is 3.09. The number of carbonyl (C=O) groups is 1. The number of ether oxygens (including phenoxy) is 1. The second-order valence-electron chi connectivity index (χ2n) is 6.66. The number of carbonyl (C=O) groups excluding carboxylic acids is 1. The molecule has 18 heavy (non-hydrogen) atoms. The van der Waals surface area contributed by atoms with E-state index in [1.807, 2.05) is 25.7 Å². The van der Waals surface area contributed by atoms with Gasteiger partial charge in [-0.25, -0.2) is 4.79 Å². The first-order valence-electron chi connectivity index (χ1n) is 6.99. The molecule has 3 atom stereocenters. The number of rotatable bonds is 2. The zero-order valence-corrected chi connectivity index (χ0v) is 11.7. The standard InChI is InChI=1S/C14H25NO3/c1-14(2,3)18-13(17)15-8-10-4-5-11(9-15)12(10)6-7-16/h10-12,16H,4-9H2,1-3H3/t10-,11+,12?. The molecule has 0 aromatic heterocycles. The lowest BCUT2D eigenvalue weighted by Crippen LogP contribution is -2.47. The zero-order chi connectivity index (χ0) is 13.3. The summed E-state index contributed by atoms with van der Waals surface area (Å²) in [5, 5.41) is 9.10. The molecule has 4 nitrogen and oxygen atoms in total. The molecular weight excluding hydrogens is 230 g/mol. The van der Waals surface area contributed by atoms with Crippen molar-refractivity contribution < 1.29 is 14.6 Å². The highest BCUT2D eigenvalue weighted by Crippen LogP contribution is 2.43. The van der Waals surface area contributed by atoms with Crippen LogP contribution in [0.1, 0.15) is 40.0 Å². The van der Waals surface area contributed by atoms with Crippen LogP contribution in [0.4, 0.5) is 4.79 Å². The minimum Gasteiger partial charge on any atom is -0.444 e. The number of amides is 1. The van der Waals surface area contributed by atoms with E-state index in [4.69, 9.17) is 9.84 Å². The summed E-state index contributed by atoms with van der Waals surface area (Å²) in [7, 11) is 0. The Kier molecular flexibility index (Phi) is 3.85. The first kappa shape index (κ1) is 13.7. The van der Waals surface area contributed by atoms with Crippen LogP contribution in [-0.4, -0.2) is 41.4 Å². The van der Waals surface area contributed by atoms with Gasteiger partial charge in [0.2, 0.25) is 0 Å². The van der Waals surface area contributed by atoms with E-state index in [0.717, 1.165) is 19.5 Å². The highest BCUT2D eigenvalue weighted by molar-refractivity contribution is 5.68. The lowest BCUT2D eigenvalue weighted by molar-refractivity contribution is 0.00599. The maximum absolute atomic E-state index is 12.1. The van der Waals surface area contributed by atoms with E-state index in [1.165, 1.54) is 12.8 Å². The number of aliphatic hydroxyl groups is 1. The summed E-state index contributed by atoms with van der Waals surface area (Å²) >= 11 is 0. The van der Waals surface area contributed by atoms with Crippen molar-refractivity contribution in [1.82, 2.24) is 4.90 Å². The van der Waals surface area contributed by atoms with Crippen LogP contribution >= 0.6 is 0 Å². The fourth-order valence-electron chi connectivity index (χ4n) is 3.43. The molecule has 4 heteroatoms. The lowest BCUT2D eigenvalue weighted by atomic mass is 9.83. The quantitative estimate of drug-likeness (QED) is 0.823. The van der Waals surface area contributed by atoms with Gasteiger partial charge < -0.3 is 14.7 Å². The van der Waals surface area contributed by atoms with Gasteiger partial charge in [0.25, 0.3) is 0 Å². The van der Waals surface area contributed by atoms with Crippen molar-refractivity contribution in [2.24, 2.45) is 17.8 Å². The van der Waals surface area contributed by atoms with Crippen molar-refractivity contribution in [3.05, 3.63) is 0 Å². The summed E-state index contributed by atoms with van der Waals surface area (Å²) in [5.74, 6) is 1.72. The highest BCUT2D eigenvalue weighted by atomic mass is 16.6. The molecule has 1 saturated heterocycles. The Morgan fingerprint density at radius 2 is 1.83 bits per heavy atom. The Morgan fingerprint density at radius 1 is 1.28 bits per heavy atom. The van der Waals surface area contributed by atoms with Gasteiger partial charge in [-0.15, -0.1) is 0 Å². The number of nitrogens with zero attached hydrogens (tertiary/aromatic N) is 1. The Bertz CT molecular complexity index is 297. The van der Waals surface area contributed by atoms with Crippen LogP contribution in [-0.2, 0) is 4.74 Å². The molecule has 104 valence electrons. The number of piperidine rings is 1. The molecule has 1 aliphatic heterocycles. The fraction of sp³-hybridized carbons (Fsp3) is 0.929. The second-order valence-corrected chi connectivity index (χ2v) is 6.66. The molecular formula is C14H25NO3. The third kappa shape index (κ3) is 2.97. The molecule has 1 saturated carbocycles. The van der Waals surface area contributed by atoms with Crippen molar-refractivity contribution in [3.8, 4) is 0 Å². The van der Waals surface area contributed by atoms with E-state index >= 15 is 0 Å². The maximum atomic E-state index is 12.1. The first-order chi connectivity index (χ1) is 8.40. The van der Waals surface area contributed by atoms with Gasteiger partial charge in [0.15, 0.2) is 0 Å². The molecule has 0 aromatic rings. The molecule has 2 fully saturated rings. The van der Waals surface area contributed by atoms with E-state index in [-0.39, 0.29) is 12.7 Å². The first-order valence-corrected chi connectivity index (χ1v) is 6.99. The Balaban J connectivity index is 1.94. The van der Waals surface area contributed by atoms with Crippen LogP contribution in [0, 0.1) is 17.8 Å². The number of hydrogen-bond acceptors (Lipinski definition) is 3. The molecule has 2 aliphatic rings. The molecule has 1 aliphatic carbocycles. The molecule has 2 rings (SSSR count). The molecule has 0 radical (unpaired) electrons. The zero-order valence-electron chi connectivity index (χ0n) is 11.7. The minimum absolute atomic E-state index is 0.179. The van der Waals surface area contributed by atoms with Gasteiger partial charge in [-0.1, -0.05) is 0 Å². The average Bonchev–Trinajstić information content (AvgIpc) is 2.49. The minimum atomic E-state index is -0.419. The van der Waals surface area contributed by atoms with Crippen LogP contribution in [0.5, 0.6) is 0 Å². The molecule has 2 bridgehead atoms. The molecule has 0 spiro atoms. The van der Waals surface area contributed by atoms with E-state index in [2.05, 4.69) is 0 Å². The smallest absolute Gasteiger partial charge is 0.410 e. The predicted molar refractivity (Wildman–Crippen MR) is 69.2 cm³/mol. The largest absolute Gasteiger partial charge is 0.444 e. The monoisotopic (exact) mass is 255 g/mol. The highest BCUT2D eigenvalue weighted by Gasteiger charge is 2.43. The number of fused-ring (bicyclic) bond motifs is 2. The normalized spacial score (nSPS) is 31.6. The average molecular weight is 255 g/mol. The SMILES string of the molecule is CC(C)(C)OC(=O)N1C[C@H]2CC[C@@H](C1)C2CCO. The summed E-state index contributed by atoms with van der Waals surface area (Å²) in [6.45, 7) is 7.57. The maximum Gasteiger partial charge on any atom is 0.410 e. The Hall–Kier alpha value is -0.770. The van der Waals surface area contributed by atoms with Gasteiger partial charge in [0.05, 0.1) is 0 Å². The van der Waals surface area contributed by atoms with Crippen LogP contribution in [0.3, 0.4) is 0 Å². The van der Waals surface area contributed by atoms with Crippen LogP contribution in [0.2, 0.25) is 0 Å². The number of likely N-dealkylation sites (tertiary alicyclic amines) is 1. The van der Waals surface area contributed by atoms with Gasteiger partial charge in [0.1, 0.15) is 5.60 Å². The van der Waals surface area contributed by atoms with E-state index in [9.17, 15) is 4.79 Å². The summed E-state index contributed by atoms with van der Waals surface area (Å²) in [4.78, 5) is 13.9. The van der Waals surface area contributed by atoms with Gasteiger partial charge in [-0.3, -0.25) is 0 Å². The molecule has 1 unspecified atom stereocenters. The second kappa shape index (κ2) is 5.08. The predicted octanol–water partition coefficient (Wildman–Crippen LogP) is 2.26. The molecule has 1 amide bonds. The van der Waals surface area contributed by atoms with Crippen LogP contribution < -0.4 is 0 Å². The van der Waals surface area contributed by atoms with Gasteiger partial charge in [-0.05, 0) is 57.8 Å². The summed E-state index contributed by atoms with van der Waals surface area (Å²) < 4.78 is 5.43. The Labute approximate surface area is 109 Å². The van der Waals surface area contributed by atoms with E-state index < -0.39 is 5.60 Å². The van der Waals surface area contributed by atoms with E-state index in [0.29, 0.717) is 17.8 Å². The summed E-state index contributed by atoms with van der Waals surface area (Å²) in [5.41, 5.74) is -0.419. The van der Waals surface area contributed by atoms with Crippen LogP contribution in [0.25, 0.3) is 0 Å². The van der Waals surface area contributed by atoms with Crippen molar-refractivity contribution >= 4 is 6.09 Å². The molecule has 1 heterocycles. The number of hydrogen-bond donors (Lipinski definition) is 1. The summed E-state index contributed by atoms with van der Waals surface area (Å²) in [6, 6.07) is 0. The van der Waals surface area contributed by atoms with Crippen LogP contribution in [0.15, 0.2) is 0 Å². The Morgan fingerprint density at radius 3 is 2.28 bits per heavy atom. The third-order valence-electron chi connectivity index (χ3n) is 4.14. The number of aliphatic hydroxyl groups excluding tert-OH is 1.